The minimum absolute atomic E-state index is 0.223. The number of benzene rings is 3. The smallest absolute Gasteiger partial charge is 0.244 e. The summed E-state index contributed by atoms with van der Waals surface area (Å²) in [5, 5.41) is 16.4. The molecular formula is C23H15Cl4N3O. The van der Waals surface area contributed by atoms with Crippen molar-refractivity contribution < 1.29 is 4.79 Å². The number of hydrazone groups is 1. The second-order valence-electron chi connectivity index (χ2n) is 6.54. The first kappa shape index (κ1) is 23.1. The topological polar surface area (TPSA) is 56.5 Å². The fourth-order valence-electron chi connectivity index (χ4n) is 2.96. The second kappa shape index (κ2) is 10.2. The molecule has 4 nitrogen and oxygen atoms in total. The van der Waals surface area contributed by atoms with Crippen LogP contribution in [0.1, 0.15) is 29.5 Å². The first-order valence-corrected chi connectivity index (χ1v) is 10.6. The summed E-state index contributed by atoms with van der Waals surface area (Å²) in [5.41, 5.74) is 2.21. The Kier molecular flexibility index (Phi) is 7.59. The molecule has 3 aromatic rings. The van der Waals surface area contributed by atoms with Crippen molar-refractivity contribution in [2.45, 2.75) is 12.8 Å². The molecule has 1 unspecified atom stereocenters. The minimum atomic E-state index is -0.776. The molecule has 0 fully saturated rings. The highest BCUT2D eigenvalue weighted by Gasteiger charge is 2.23. The molecule has 0 spiro atoms. The molecule has 0 aromatic heterocycles. The third-order valence-electron chi connectivity index (χ3n) is 4.42. The summed E-state index contributed by atoms with van der Waals surface area (Å²) >= 11 is 25.1. The molecule has 31 heavy (non-hydrogen) atoms. The van der Waals surface area contributed by atoms with Gasteiger partial charge in [0.05, 0.1) is 33.9 Å². The quantitative estimate of drug-likeness (QED) is 0.277. The number of carbonyl (C=O) groups excluding carboxylic acids is 1. The Balaban J connectivity index is 2.01. The van der Waals surface area contributed by atoms with E-state index in [4.69, 9.17) is 46.4 Å². The number of hydrogen-bond acceptors (Lipinski definition) is 3. The van der Waals surface area contributed by atoms with Gasteiger partial charge in [-0.15, -0.1) is 0 Å². The van der Waals surface area contributed by atoms with Gasteiger partial charge in [-0.05, 0) is 35.4 Å². The van der Waals surface area contributed by atoms with Gasteiger partial charge in [0.25, 0.3) is 0 Å². The molecule has 0 aliphatic carbocycles. The monoisotopic (exact) mass is 489 g/mol. The van der Waals surface area contributed by atoms with E-state index in [0.29, 0.717) is 26.9 Å². The molecule has 3 rings (SSSR count). The maximum absolute atomic E-state index is 12.2. The minimum Gasteiger partial charge on any atom is -0.273 e. The molecule has 8 heteroatoms. The van der Waals surface area contributed by atoms with Gasteiger partial charge in [0.1, 0.15) is 0 Å². The Hall–Kier alpha value is -2.55. The van der Waals surface area contributed by atoms with Gasteiger partial charge < -0.3 is 0 Å². The molecule has 0 aliphatic rings. The van der Waals surface area contributed by atoms with E-state index < -0.39 is 5.92 Å². The molecular weight excluding hydrogens is 476 g/mol. The zero-order chi connectivity index (χ0) is 22.5. The highest BCUT2D eigenvalue weighted by molar-refractivity contribution is 6.42. The van der Waals surface area contributed by atoms with E-state index in [2.05, 4.69) is 11.2 Å². The van der Waals surface area contributed by atoms with Crippen molar-refractivity contribution in [1.29, 1.82) is 5.26 Å². The lowest BCUT2D eigenvalue weighted by atomic mass is 9.92. The third kappa shape index (κ3) is 5.39. The number of halogens is 4. The summed E-state index contributed by atoms with van der Waals surface area (Å²) in [6.45, 7) is 1.38. The van der Waals surface area contributed by atoms with Crippen LogP contribution in [-0.4, -0.2) is 12.1 Å². The third-order valence-corrected chi connectivity index (χ3v) is 5.79. The standard InChI is InChI=1S/C23H15Cl4N3O/c1-14(31)30(29-13-15-5-3-2-4-6-15)17-10-21(26)23(22(27)11-17)18(12-28)16-7-8-19(24)20(25)9-16/h2-11,13,18H,1H3/b29-13-. The number of anilines is 1. The van der Waals surface area contributed by atoms with Gasteiger partial charge in [0, 0.05) is 22.5 Å². The van der Waals surface area contributed by atoms with E-state index in [0.717, 1.165) is 5.56 Å². The van der Waals surface area contributed by atoms with E-state index >= 15 is 0 Å². The van der Waals surface area contributed by atoms with Gasteiger partial charge in [0.2, 0.25) is 5.91 Å². The maximum atomic E-state index is 12.2. The molecule has 0 N–H and O–H groups in total. The summed E-state index contributed by atoms with van der Waals surface area (Å²) in [4.78, 5) is 12.2. The zero-order valence-electron chi connectivity index (χ0n) is 16.2. The molecule has 0 aliphatic heterocycles. The lowest BCUT2D eigenvalue weighted by Gasteiger charge is -2.19. The molecule has 0 heterocycles. The van der Waals surface area contributed by atoms with Gasteiger partial charge in [-0.2, -0.15) is 10.4 Å². The van der Waals surface area contributed by atoms with Crippen molar-refractivity contribution in [1.82, 2.24) is 0 Å². The first-order chi connectivity index (χ1) is 14.8. The fourth-order valence-corrected chi connectivity index (χ4v) is 3.96. The summed E-state index contributed by atoms with van der Waals surface area (Å²) in [7, 11) is 0. The summed E-state index contributed by atoms with van der Waals surface area (Å²) in [6.07, 6.45) is 1.56. The maximum Gasteiger partial charge on any atom is 0.244 e. The van der Waals surface area contributed by atoms with Crippen LogP contribution in [0.25, 0.3) is 0 Å². The van der Waals surface area contributed by atoms with Gasteiger partial charge in [-0.1, -0.05) is 82.8 Å². The Labute approximate surface area is 200 Å². The number of amides is 1. The highest BCUT2D eigenvalue weighted by atomic mass is 35.5. The summed E-state index contributed by atoms with van der Waals surface area (Å²) in [6, 6.07) is 19.5. The molecule has 0 saturated carbocycles. The summed E-state index contributed by atoms with van der Waals surface area (Å²) in [5.74, 6) is -1.10. The lowest BCUT2D eigenvalue weighted by Crippen LogP contribution is -2.22. The first-order valence-electron chi connectivity index (χ1n) is 9.05. The van der Waals surface area contributed by atoms with Crippen molar-refractivity contribution in [2.75, 3.05) is 5.01 Å². The Morgan fingerprint density at radius 1 is 0.968 bits per heavy atom. The lowest BCUT2D eigenvalue weighted by molar-refractivity contribution is -0.116. The normalized spacial score (nSPS) is 11.9. The predicted molar refractivity (Wildman–Crippen MR) is 128 cm³/mol. The number of rotatable bonds is 5. The van der Waals surface area contributed by atoms with Crippen LogP contribution in [0.15, 0.2) is 65.8 Å². The van der Waals surface area contributed by atoms with Crippen LogP contribution < -0.4 is 5.01 Å². The predicted octanol–water partition coefficient (Wildman–Crippen LogP) is 7.34. The zero-order valence-corrected chi connectivity index (χ0v) is 19.2. The van der Waals surface area contributed by atoms with Crippen LogP contribution in [0.2, 0.25) is 20.1 Å². The van der Waals surface area contributed by atoms with Crippen molar-refractivity contribution in [3.8, 4) is 6.07 Å². The van der Waals surface area contributed by atoms with Crippen LogP contribution in [0.4, 0.5) is 5.69 Å². The van der Waals surface area contributed by atoms with Gasteiger partial charge in [0.15, 0.2) is 0 Å². The van der Waals surface area contributed by atoms with Gasteiger partial charge in [-0.25, -0.2) is 5.01 Å². The largest absolute Gasteiger partial charge is 0.273 e. The van der Waals surface area contributed by atoms with Crippen LogP contribution >= 0.6 is 46.4 Å². The van der Waals surface area contributed by atoms with E-state index in [9.17, 15) is 10.1 Å². The van der Waals surface area contributed by atoms with E-state index in [1.807, 2.05) is 30.3 Å². The molecule has 1 amide bonds. The van der Waals surface area contributed by atoms with Crippen molar-refractivity contribution in [3.05, 3.63) is 97.4 Å². The molecule has 0 bridgehead atoms. The number of nitrogens with zero attached hydrogens (tertiary/aromatic N) is 3. The van der Waals surface area contributed by atoms with Crippen LogP contribution in [0.5, 0.6) is 0 Å². The van der Waals surface area contributed by atoms with Gasteiger partial charge >= 0.3 is 0 Å². The SMILES string of the molecule is CC(=O)N(/N=C\c1ccccc1)c1cc(Cl)c(C(C#N)c2ccc(Cl)c(Cl)c2)c(Cl)c1. The molecule has 0 saturated heterocycles. The Morgan fingerprint density at radius 2 is 1.61 bits per heavy atom. The number of hydrogen-bond donors (Lipinski definition) is 0. The highest BCUT2D eigenvalue weighted by Crippen LogP contribution is 2.40. The number of carbonyl (C=O) groups is 1. The van der Waals surface area contributed by atoms with Crippen LogP contribution in [0, 0.1) is 11.3 Å². The second-order valence-corrected chi connectivity index (χ2v) is 8.17. The van der Waals surface area contributed by atoms with E-state index in [1.165, 1.54) is 11.9 Å². The van der Waals surface area contributed by atoms with Crippen LogP contribution in [-0.2, 0) is 4.79 Å². The Morgan fingerprint density at radius 3 is 2.16 bits per heavy atom. The van der Waals surface area contributed by atoms with Gasteiger partial charge in [-0.3, -0.25) is 4.79 Å². The van der Waals surface area contributed by atoms with Crippen molar-refractivity contribution in [3.63, 3.8) is 0 Å². The molecule has 156 valence electrons. The van der Waals surface area contributed by atoms with Crippen molar-refractivity contribution in [2.24, 2.45) is 5.10 Å². The average Bonchev–Trinajstić information content (AvgIpc) is 2.73. The average molecular weight is 491 g/mol. The molecule has 3 aromatic carbocycles. The van der Waals surface area contributed by atoms with Crippen LogP contribution in [0.3, 0.4) is 0 Å². The summed E-state index contributed by atoms with van der Waals surface area (Å²) < 4.78 is 0. The Bertz CT molecular complexity index is 1170. The van der Waals surface area contributed by atoms with E-state index in [1.54, 1.807) is 36.5 Å². The van der Waals surface area contributed by atoms with Crippen molar-refractivity contribution >= 4 is 64.2 Å². The molecule has 0 radical (unpaired) electrons. The number of nitriles is 1. The molecule has 1 atom stereocenters. The van der Waals surface area contributed by atoms with E-state index in [-0.39, 0.29) is 16.0 Å². The fraction of sp³-hybridized carbons (Fsp3) is 0.0870.